The van der Waals surface area contributed by atoms with Crippen LogP contribution in [0.2, 0.25) is 0 Å². The van der Waals surface area contributed by atoms with Crippen LogP contribution in [0, 0.1) is 0 Å². The van der Waals surface area contributed by atoms with Crippen LogP contribution >= 0.6 is 0 Å². The van der Waals surface area contributed by atoms with Gasteiger partial charge >= 0.3 is 0 Å². The van der Waals surface area contributed by atoms with Crippen LogP contribution in [0.5, 0.6) is 0 Å². The summed E-state index contributed by atoms with van der Waals surface area (Å²) >= 11 is 0. The van der Waals surface area contributed by atoms with Gasteiger partial charge in [-0.25, -0.2) is 19.6 Å². The molecule has 0 aliphatic rings. The molecular weight excluding hydrogens is 592 g/mol. The van der Waals surface area contributed by atoms with Crippen molar-refractivity contribution >= 4 is 21.9 Å². The van der Waals surface area contributed by atoms with Crippen LogP contribution < -0.4 is 11.1 Å². The summed E-state index contributed by atoms with van der Waals surface area (Å²) in [4.78, 5) is 41.6. The van der Waals surface area contributed by atoms with E-state index in [4.69, 9.17) is 0 Å². The molecule has 6 aromatic heterocycles. The fourth-order valence-corrected chi connectivity index (χ4v) is 5.17. The van der Waals surface area contributed by atoms with E-state index in [0.29, 0.717) is 35.0 Å². The molecule has 0 N–H and O–H groups in total. The van der Waals surface area contributed by atoms with Crippen molar-refractivity contribution in [2.24, 2.45) is 7.05 Å². The molecule has 12 nitrogen and oxygen atoms in total. The van der Waals surface area contributed by atoms with Gasteiger partial charge < -0.3 is 0 Å². The first-order valence-corrected chi connectivity index (χ1v) is 14.8. The van der Waals surface area contributed by atoms with Gasteiger partial charge in [-0.05, 0) is 53.1 Å². The highest BCUT2D eigenvalue weighted by atomic mass is 16.1. The van der Waals surface area contributed by atoms with Crippen LogP contribution in [0.4, 0.5) is 0 Å². The Kier molecular flexibility index (Phi) is 7.95. The lowest BCUT2D eigenvalue weighted by molar-refractivity contribution is 0.747. The van der Waals surface area contributed by atoms with Crippen LogP contribution in [0.15, 0.2) is 138 Å². The van der Waals surface area contributed by atoms with E-state index >= 15 is 0 Å². The molecule has 0 saturated heterocycles. The van der Waals surface area contributed by atoms with E-state index in [2.05, 4.69) is 30.1 Å². The normalized spacial score (nSPS) is 11.0. The second-order valence-electron chi connectivity index (χ2n) is 10.8. The van der Waals surface area contributed by atoms with Crippen LogP contribution in [-0.4, -0.2) is 48.6 Å². The van der Waals surface area contributed by atoms with Crippen LogP contribution in [0.25, 0.3) is 38.8 Å². The van der Waals surface area contributed by atoms with Crippen LogP contribution in [-0.2, 0) is 20.1 Å². The number of aryl methyl sites for hydroxylation is 1. The Morgan fingerprint density at radius 3 is 2.06 bits per heavy atom. The van der Waals surface area contributed by atoms with Gasteiger partial charge in [-0.1, -0.05) is 36.4 Å². The standard InChI is InChI=1S/C18H15N5O.C17H13N5O/c1-22-11-15(9-21-22)14-6-4-13(5-7-14)10-23-12-20-17-16(18(23)24)3-2-8-19-17;23-17-15-6-8-18-10-16(15)19-12-21(17)11-13-2-4-14(5-3-13)22-9-1-7-20-22/h2-9,11-12H,10H2,1H3;1-10,12H,11H2. The van der Waals surface area contributed by atoms with E-state index in [1.165, 1.54) is 0 Å². The molecule has 8 aromatic rings. The van der Waals surface area contributed by atoms with Gasteiger partial charge in [0.15, 0.2) is 5.65 Å². The Hall–Kier alpha value is -6.56. The molecule has 2 aromatic carbocycles. The summed E-state index contributed by atoms with van der Waals surface area (Å²) in [7, 11) is 1.89. The lowest BCUT2D eigenvalue weighted by atomic mass is 10.1. The number of pyridine rings is 2. The van der Waals surface area contributed by atoms with Gasteiger partial charge in [-0.15, -0.1) is 0 Å². The maximum absolute atomic E-state index is 12.5. The molecule has 0 aliphatic carbocycles. The summed E-state index contributed by atoms with van der Waals surface area (Å²) in [5.41, 5.74) is 6.16. The molecule has 0 spiro atoms. The summed E-state index contributed by atoms with van der Waals surface area (Å²) in [6.45, 7) is 0.952. The molecule has 8 rings (SSSR count). The maximum Gasteiger partial charge on any atom is 0.263 e. The second kappa shape index (κ2) is 12.8. The maximum atomic E-state index is 12.5. The van der Waals surface area contributed by atoms with Crippen LogP contribution in [0.3, 0.4) is 0 Å². The zero-order chi connectivity index (χ0) is 32.2. The summed E-state index contributed by atoms with van der Waals surface area (Å²) in [5, 5.41) is 9.49. The Balaban J connectivity index is 0.000000150. The van der Waals surface area contributed by atoms with Gasteiger partial charge in [0.1, 0.15) is 6.33 Å². The lowest BCUT2D eigenvalue weighted by Gasteiger charge is -2.08. The number of aromatic nitrogens is 10. The minimum absolute atomic E-state index is 0.0615. The highest BCUT2D eigenvalue weighted by Crippen LogP contribution is 2.19. The van der Waals surface area contributed by atoms with Crippen molar-refractivity contribution in [3.63, 3.8) is 0 Å². The minimum Gasteiger partial charge on any atom is -0.294 e. The Bertz CT molecular complexity index is 2410. The van der Waals surface area contributed by atoms with Gasteiger partial charge in [0.2, 0.25) is 0 Å². The molecule has 0 saturated carbocycles. The van der Waals surface area contributed by atoms with E-state index < -0.39 is 0 Å². The van der Waals surface area contributed by atoms with Gasteiger partial charge in [0.05, 0.1) is 53.8 Å². The van der Waals surface area contributed by atoms with Gasteiger partial charge in [0.25, 0.3) is 11.1 Å². The third-order valence-corrected chi connectivity index (χ3v) is 7.63. The van der Waals surface area contributed by atoms with E-state index in [9.17, 15) is 9.59 Å². The highest BCUT2D eigenvalue weighted by Gasteiger charge is 2.07. The van der Waals surface area contributed by atoms with Gasteiger partial charge in [-0.3, -0.25) is 28.4 Å². The first-order chi connectivity index (χ1) is 23.0. The molecule has 0 bridgehead atoms. The summed E-state index contributed by atoms with van der Waals surface area (Å²) in [6, 6.07) is 23.1. The Labute approximate surface area is 267 Å². The quantitative estimate of drug-likeness (QED) is 0.270. The molecule has 6 heterocycles. The molecule has 0 fully saturated rings. The van der Waals surface area contributed by atoms with Gasteiger partial charge in [0, 0.05) is 43.6 Å². The predicted octanol–water partition coefficient (Wildman–Crippen LogP) is 4.27. The van der Waals surface area contributed by atoms with Crippen LogP contribution in [0.1, 0.15) is 11.1 Å². The molecule has 0 radical (unpaired) electrons. The summed E-state index contributed by atoms with van der Waals surface area (Å²) in [5.74, 6) is 0. The first-order valence-electron chi connectivity index (χ1n) is 14.8. The molecule has 0 amide bonds. The van der Waals surface area contributed by atoms with Crippen molar-refractivity contribution in [3.8, 4) is 16.8 Å². The van der Waals surface area contributed by atoms with E-state index in [-0.39, 0.29) is 11.1 Å². The average molecular weight is 621 g/mol. The third-order valence-electron chi connectivity index (χ3n) is 7.63. The van der Waals surface area contributed by atoms with Crippen molar-refractivity contribution in [2.75, 3.05) is 0 Å². The van der Waals surface area contributed by atoms with Crippen molar-refractivity contribution in [1.29, 1.82) is 0 Å². The highest BCUT2D eigenvalue weighted by molar-refractivity contribution is 5.75. The van der Waals surface area contributed by atoms with E-state index in [1.807, 2.05) is 80.2 Å². The molecule has 12 heteroatoms. The predicted molar refractivity (Wildman–Crippen MR) is 178 cm³/mol. The largest absolute Gasteiger partial charge is 0.294 e. The molecular formula is C35H28N10O2. The monoisotopic (exact) mass is 620 g/mol. The molecule has 0 atom stereocenters. The fraction of sp³-hybridized carbons (Fsp3) is 0.0857. The molecule has 0 unspecified atom stereocenters. The summed E-state index contributed by atoms with van der Waals surface area (Å²) in [6.07, 6.45) is 15.4. The smallest absolute Gasteiger partial charge is 0.263 e. The molecule has 230 valence electrons. The van der Waals surface area contributed by atoms with Crippen molar-refractivity contribution < 1.29 is 0 Å². The van der Waals surface area contributed by atoms with E-state index in [1.54, 1.807) is 74.1 Å². The molecule has 47 heavy (non-hydrogen) atoms. The first kappa shape index (κ1) is 29.2. The minimum atomic E-state index is -0.0792. The fourth-order valence-electron chi connectivity index (χ4n) is 5.17. The number of hydrogen-bond acceptors (Lipinski definition) is 8. The Morgan fingerprint density at radius 2 is 1.36 bits per heavy atom. The summed E-state index contributed by atoms with van der Waals surface area (Å²) < 4.78 is 6.77. The van der Waals surface area contributed by atoms with Crippen molar-refractivity contribution in [2.45, 2.75) is 13.1 Å². The number of fused-ring (bicyclic) bond motifs is 2. The number of benzene rings is 2. The SMILES string of the molecule is Cn1cc(-c2ccc(Cn3cnc4ncccc4c3=O)cc2)cn1.O=c1c2ccncc2ncn1Cc1ccc(-n2cccn2)cc1. The van der Waals surface area contributed by atoms with Crippen molar-refractivity contribution in [3.05, 3.63) is 161 Å². The van der Waals surface area contributed by atoms with Crippen molar-refractivity contribution in [1.82, 2.24) is 48.6 Å². The van der Waals surface area contributed by atoms with E-state index in [0.717, 1.165) is 27.9 Å². The lowest BCUT2D eigenvalue weighted by Crippen LogP contribution is -2.21. The zero-order valence-corrected chi connectivity index (χ0v) is 25.3. The average Bonchev–Trinajstić information content (AvgIpc) is 3.81. The third kappa shape index (κ3) is 6.33. The van der Waals surface area contributed by atoms with Gasteiger partial charge in [-0.2, -0.15) is 10.2 Å². The molecule has 0 aliphatic heterocycles. The number of nitrogens with zero attached hydrogens (tertiary/aromatic N) is 10. The second-order valence-corrected chi connectivity index (χ2v) is 10.8. The zero-order valence-electron chi connectivity index (χ0n) is 25.3. The number of hydrogen-bond donors (Lipinski definition) is 0. The number of rotatable bonds is 6. The Morgan fingerprint density at radius 1 is 0.638 bits per heavy atom. The topological polar surface area (TPSA) is 131 Å².